The van der Waals surface area contributed by atoms with E-state index in [1.165, 1.54) is 0 Å². The summed E-state index contributed by atoms with van der Waals surface area (Å²) >= 11 is 15.1. The molecule has 0 bridgehead atoms. The maximum absolute atomic E-state index is 12.0. The van der Waals surface area contributed by atoms with Gasteiger partial charge in [-0.05, 0) is 58.7 Å². The third-order valence-corrected chi connectivity index (χ3v) is 3.98. The van der Waals surface area contributed by atoms with Crippen LogP contribution in [0.3, 0.4) is 0 Å². The summed E-state index contributed by atoms with van der Waals surface area (Å²) in [5, 5.41) is 3.63. The van der Waals surface area contributed by atoms with Crippen molar-refractivity contribution in [2.75, 3.05) is 17.7 Å². The van der Waals surface area contributed by atoms with Gasteiger partial charge in [0.15, 0.2) is 6.61 Å². The number of halogens is 3. The smallest absolute Gasteiger partial charge is 0.262 e. The van der Waals surface area contributed by atoms with E-state index in [1.807, 2.05) is 6.92 Å². The van der Waals surface area contributed by atoms with Crippen LogP contribution < -0.4 is 15.8 Å². The molecule has 0 saturated carbocycles. The molecule has 3 N–H and O–H groups in total. The van der Waals surface area contributed by atoms with Gasteiger partial charge in [-0.15, -0.1) is 0 Å². The van der Waals surface area contributed by atoms with E-state index in [9.17, 15) is 4.79 Å². The highest BCUT2D eigenvalue weighted by atomic mass is 79.9. The maximum Gasteiger partial charge on any atom is 0.262 e. The minimum absolute atomic E-state index is 0.169. The van der Waals surface area contributed by atoms with Crippen molar-refractivity contribution in [3.63, 3.8) is 0 Å². The van der Waals surface area contributed by atoms with Crippen molar-refractivity contribution < 1.29 is 9.53 Å². The summed E-state index contributed by atoms with van der Waals surface area (Å²) in [5.41, 5.74) is 7.86. The Morgan fingerprint density at radius 1 is 1.32 bits per heavy atom. The molecule has 0 radical (unpaired) electrons. The van der Waals surface area contributed by atoms with Crippen LogP contribution in [0.2, 0.25) is 10.0 Å². The van der Waals surface area contributed by atoms with Gasteiger partial charge in [0.1, 0.15) is 5.75 Å². The Morgan fingerprint density at radius 3 is 2.68 bits per heavy atom. The normalized spacial score (nSPS) is 10.4. The van der Waals surface area contributed by atoms with Gasteiger partial charge >= 0.3 is 0 Å². The summed E-state index contributed by atoms with van der Waals surface area (Å²) < 4.78 is 6.10. The Kier molecular flexibility index (Phi) is 5.56. The van der Waals surface area contributed by atoms with Gasteiger partial charge in [-0.25, -0.2) is 0 Å². The minimum atomic E-state index is -0.306. The van der Waals surface area contributed by atoms with Crippen molar-refractivity contribution in [3.8, 4) is 5.75 Å². The van der Waals surface area contributed by atoms with Crippen LogP contribution in [-0.2, 0) is 4.79 Å². The topological polar surface area (TPSA) is 64.3 Å². The van der Waals surface area contributed by atoms with Gasteiger partial charge in [0.25, 0.3) is 5.91 Å². The first kappa shape index (κ1) is 16.9. The number of amides is 1. The molecule has 22 heavy (non-hydrogen) atoms. The lowest BCUT2D eigenvalue weighted by molar-refractivity contribution is -0.118. The van der Waals surface area contributed by atoms with Crippen LogP contribution >= 0.6 is 39.1 Å². The van der Waals surface area contributed by atoms with Crippen molar-refractivity contribution in [1.82, 2.24) is 0 Å². The zero-order chi connectivity index (χ0) is 16.3. The molecule has 4 nitrogen and oxygen atoms in total. The SMILES string of the molecule is Cc1cc(N)cc(Br)c1NC(=O)COc1ccc(Cl)cc1Cl. The molecule has 2 aromatic carbocycles. The zero-order valence-electron chi connectivity index (χ0n) is 11.6. The first-order chi connectivity index (χ1) is 10.4. The molecule has 0 atom stereocenters. The highest BCUT2D eigenvalue weighted by Gasteiger charge is 2.11. The van der Waals surface area contributed by atoms with Crippen LogP contribution in [0, 0.1) is 6.92 Å². The molecule has 1 amide bonds. The number of nitrogen functional groups attached to an aromatic ring is 1. The fourth-order valence-electron chi connectivity index (χ4n) is 1.84. The largest absolute Gasteiger partial charge is 0.482 e. The predicted octanol–water partition coefficient (Wildman–Crippen LogP) is 4.66. The molecular formula is C15H13BrCl2N2O2. The summed E-state index contributed by atoms with van der Waals surface area (Å²) in [6.07, 6.45) is 0. The Labute approximate surface area is 146 Å². The molecule has 0 saturated heterocycles. The first-order valence-corrected chi connectivity index (χ1v) is 7.85. The number of nitrogens with one attached hydrogen (secondary N) is 1. The molecule has 0 aliphatic carbocycles. The number of benzene rings is 2. The Balaban J connectivity index is 2.02. The third-order valence-electron chi connectivity index (χ3n) is 2.83. The molecule has 0 spiro atoms. The second-order valence-corrected chi connectivity index (χ2v) is 6.30. The number of aryl methyl sites for hydroxylation is 1. The molecular weight excluding hydrogens is 391 g/mol. The Morgan fingerprint density at radius 2 is 2.05 bits per heavy atom. The number of rotatable bonds is 4. The molecule has 0 unspecified atom stereocenters. The van der Waals surface area contributed by atoms with E-state index in [1.54, 1.807) is 30.3 Å². The summed E-state index contributed by atoms with van der Waals surface area (Å²) in [6, 6.07) is 8.30. The number of hydrogen-bond acceptors (Lipinski definition) is 3. The Bertz CT molecular complexity index is 700. The first-order valence-electron chi connectivity index (χ1n) is 6.30. The van der Waals surface area contributed by atoms with E-state index in [2.05, 4.69) is 21.2 Å². The highest BCUT2D eigenvalue weighted by molar-refractivity contribution is 9.10. The highest BCUT2D eigenvalue weighted by Crippen LogP contribution is 2.30. The monoisotopic (exact) mass is 402 g/mol. The molecule has 2 rings (SSSR count). The number of ether oxygens (including phenoxy) is 1. The standard InChI is InChI=1S/C15H13BrCl2N2O2/c1-8-4-10(19)6-11(16)15(8)20-14(21)7-22-13-3-2-9(17)5-12(13)18/h2-6H,7,19H2,1H3,(H,20,21). The van der Waals surface area contributed by atoms with Crippen molar-refractivity contribution in [1.29, 1.82) is 0 Å². The number of carbonyl (C=O) groups is 1. The van der Waals surface area contributed by atoms with Crippen molar-refractivity contribution >= 4 is 56.4 Å². The fourth-order valence-corrected chi connectivity index (χ4v) is 2.98. The average molecular weight is 404 g/mol. The van der Waals surface area contributed by atoms with Gasteiger partial charge in [-0.1, -0.05) is 23.2 Å². The Hall–Kier alpha value is -1.43. The van der Waals surface area contributed by atoms with Crippen LogP contribution in [0.25, 0.3) is 0 Å². The molecule has 0 aliphatic heterocycles. The van der Waals surface area contributed by atoms with E-state index in [0.717, 1.165) is 5.56 Å². The van der Waals surface area contributed by atoms with Crippen LogP contribution in [0.1, 0.15) is 5.56 Å². The second kappa shape index (κ2) is 7.22. The van der Waals surface area contributed by atoms with Crippen molar-refractivity contribution in [2.45, 2.75) is 6.92 Å². The van der Waals surface area contributed by atoms with Crippen molar-refractivity contribution in [2.24, 2.45) is 0 Å². The molecule has 7 heteroatoms. The lowest BCUT2D eigenvalue weighted by atomic mass is 10.2. The third kappa shape index (κ3) is 4.29. The van der Waals surface area contributed by atoms with E-state index < -0.39 is 0 Å². The lowest BCUT2D eigenvalue weighted by Gasteiger charge is -2.12. The van der Waals surface area contributed by atoms with E-state index >= 15 is 0 Å². The van der Waals surface area contributed by atoms with Crippen LogP contribution in [0.5, 0.6) is 5.75 Å². The maximum atomic E-state index is 12.0. The van der Waals surface area contributed by atoms with Gasteiger partial charge in [-0.2, -0.15) is 0 Å². The van der Waals surface area contributed by atoms with Gasteiger partial charge in [0.05, 0.1) is 10.7 Å². The zero-order valence-corrected chi connectivity index (χ0v) is 14.7. The van der Waals surface area contributed by atoms with Crippen LogP contribution in [0.15, 0.2) is 34.8 Å². The minimum Gasteiger partial charge on any atom is -0.482 e. The van der Waals surface area contributed by atoms with E-state index in [-0.39, 0.29) is 12.5 Å². The molecule has 0 heterocycles. The summed E-state index contributed by atoms with van der Waals surface area (Å²) in [7, 11) is 0. The number of hydrogen-bond donors (Lipinski definition) is 2. The van der Waals surface area contributed by atoms with Gasteiger partial charge in [0.2, 0.25) is 0 Å². The van der Waals surface area contributed by atoms with E-state index in [0.29, 0.717) is 31.6 Å². The summed E-state index contributed by atoms with van der Waals surface area (Å²) in [5.74, 6) is 0.0916. The predicted molar refractivity (Wildman–Crippen MR) is 93.9 cm³/mol. The van der Waals surface area contributed by atoms with Gasteiger partial charge in [-0.3, -0.25) is 4.79 Å². The molecule has 116 valence electrons. The molecule has 0 aliphatic rings. The fraction of sp³-hybridized carbons (Fsp3) is 0.133. The second-order valence-electron chi connectivity index (χ2n) is 4.61. The lowest BCUT2D eigenvalue weighted by Crippen LogP contribution is -2.21. The van der Waals surface area contributed by atoms with Crippen LogP contribution in [-0.4, -0.2) is 12.5 Å². The van der Waals surface area contributed by atoms with Crippen LogP contribution in [0.4, 0.5) is 11.4 Å². The quantitative estimate of drug-likeness (QED) is 0.729. The van der Waals surface area contributed by atoms with Crippen molar-refractivity contribution in [3.05, 3.63) is 50.4 Å². The average Bonchev–Trinajstić information content (AvgIpc) is 2.42. The van der Waals surface area contributed by atoms with Gasteiger partial charge in [0, 0.05) is 15.2 Å². The summed E-state index contributed by atoms with van der Waals surface area (Å²) in [6.45, 7) is 1.69. The number of anilines is 2. The molecule has 0 aromatic heterocycles. The molecule has 0 fully saturated rings. The molecule has 2 aromatic rings. The number of nitrogens with two attached hydrogens (primary N) is 1. The van der Waals surface area contributed by atoms with Gasteiger partial charge < -0.3 is 15.8 Å². The van der Waals surface area contributed by atoms with E-state index in [4.69, 9.17) is 33.7 Å². The summed E-state index contributed by atoms with van der Waals surface area (Å²) in [4.78, 5) is 12.0. The number of carbonyl (C=O) groups excluding carboxylic acids is 1.